The molecule has 3 heterocycles. The lowest BCUT2D eigenvalue weighted by Gasteiger charge is -2.33. The van der Waals surface area contributed by atoms with Crippen LogP contribution in [0.2, 0.25) is 0 Å². The predicted octanol–water partition coefficient (Wildman–Crippen LogP) is 4.99. The summed E-state index contributed by atoms with van der Waals surface area (Å²) in [4.78, 5) is 15.8. The molecule has 0 aliphatic carbocycles. The number of piperidine rings is 1. The molecule has 0 amide bonds. The summed E-state index contributed by atoms with van der Waals surface area (Å²) < 4.78 is 12.7. The zero-order valence-electron chi connectivity index (χ0n) is 17.9. The number of anilines is 2. The maximum Gasteiger partial charge on any atom is 0.263 e. The molecule has 1 atom stereocenters. The van der Waals surface area contributed by atoms with Crippen LogP contribution in [0.5, 0.6) is 11.6 Å². The van der Waals surface area contributed by atoms with Crippen LogP contribution in [-0.4, -0.2) is 41.8 Å². The topological polar surface area (TPSA) is 86.4 Å². The van der Waals surface area contributed by atoms with Crippen LogP contribution in [0.25, 0.3) is 21.3 Å². The number of ether oxygens (including phenoxy) is 2. The second-order valence-corrected chi connectivity index (χ2v) is 8.99. The summed E-state index contributed by atoms with van der Waals surface area (Å²) in [7, 11) is 1.75. The van der Waals surface area contributed by atoms with Gasteiger partial charge in [0.15, 0.2) is 10.9 Å². The fraction of sp³-hybridized carbons (Fsp3) is 0.292. The molecule has 1 fully saturated rings. The Morgan fingerprint density at radius 1 is 1.16 bits per heavy atom. The summed E-state index contributed by atoms with van der Waals surface area (Å²) in [6.07, 6.45) is 5.64. The van der Waals surface area contributed by atoms with E-state index in [1.807, 2.05) is 30.3 Å². The first-order valence-corrected chi connectivity index (χ1v) is 11.5. The molecule has 8 heteroatoms. The highest BCUT2D eigenvalue weighted by molar-refractivity contribution is 7.22. The third-order valence-electron chi connectivity index (χ3n) is 5.66. The maximum atomic E-state index is 6.25. The second kappa shape index (κ2) is 9.10. The van der Waals surface area contributed by atoms with Gasteiger partial charge in [0.1, 0.15) is 5.75 Å². The van der Waals surface area contributed by atoms with Gasteiger partial charge in [-0.2, -0.15) is 0 Å². The van der Waals surface area contributed by atoms with Crippen molar-refractivity contribution in [1.82, 2.24) is 15.0 Å². The number of nitrogen functional groups attached to an aromatic ring is 1. The van der Waals surface area contributed by atoms with Crippen molar-refractivity contribution in [3.63, 3.8) is 0 Å². The number of benzene rings is 2. The molecule has 1 unspecified atom stereocenters. The number of aromatic nitrogens is 3. The minimum Gasteiger partial charge on any atom is -0.436 e. The molecule has 0 saturated carbocycles. The molecule has 164 valence electrons. The number of para-hydroxylation sites is 1. The van der Waals surface area contributed by atoms with Crippen LogP contribution >= 0.6 is 11.3 Å². The van der Waals surface area contributed by atoms with Crippen molar-refractivity contribution in [2.75, 3.05) is 37.4 Å². The molecule has 5 rings (SSSR count). The van der Waals surface area contributed by atoms with Crippen molar-refractivity contribution in [2.24, 2.45) is 5.92 Å². The molecule has 1 aliphatic rings. The van der Waals surface area contributed by atoms with Gasteiger partial charge in [-0.15, -0.1) is 0 Å². The number of hydrogen-bond donors (Lipinski definition) is 1. The van der Waals surface area contributed by atoms with Gasteiger partial charge in [-0.05, 0) is 42.5 Å². The van der Waals surface area contributed by atoms with E-state index < -0.39 is 0 Å². The Hall–Kier alpha value is -3.23. The molecule has 1 saturated heterocycles. The van der Waals surface area contributed by atoms with Crippen molar-refractivity contribution in [1.29, 1.82) is 0 Å². The highest BCUT2D eigenvalue weighted by Crippen LogP contribution is 2.36. The molecule has 0 spiro atoms. The quantitative estimate of drug-likeness (QED) is 0.445. The number of nitrogens with zero attached hydrogens (tertiary/aromatic N) is 4. The summed E-state index contributed by atoms with van der Waals surface area (Å²) in [6, 6.07) is 14.1. The zero-order valence-corrected chi connectivity index (χ0v) is 18.7. The second-order valence-electron chi connectivity index (χ2n) is 7.93. The normalized spacial score (nSPS) is 16.4. The first-order chi connectivity index (χ1) is 15.7. The number of thiazole rings is 1. The van der Waals surface area contributed by atoms with Gasteiger partial charge in [0.05, 0.1) is 16.8 Å². The monoisotopic (exact) mass is 447 g/mol. The number of methoxy groups -OCH3 is 1. The first-order valence-electron chi connectivity index (χ1n) is 10.7. The Kier molecular flexibility index (Phi) is 5.87. The van der Waals surface area contributed by atoms with Crippen LogP contribution in [-0.2, 0) is 4.74 Å². The minimum absolute atomic E-state index is 0.484. The first kappa shape index (κ1) is 20.7. The van der Waals surface area contributed by atoms with Crippen LogP contribution in [0, 0.1) is 5.92 Å². The third kappa shape index (κ3) is 4.24. The Labute approximate surface area is 190 Å². The lowest BCUT2D eigenvalue weighted by atomic mass is 9.99. The lowest BCUT2D eigenvalue weighted by molar-refractivity contribution is 0.143. The molecule has 32 heavy (non-hydrogen) atoms. The van der Waals surface area contributed by atoms with Gasteiger partial charge < -0.3 is 20.1 Å². The smallest absolute Gasteiger partial charge is 0.263 e. The van der Waals surface area contributed by atoms with E-state index in [4.69, 9.17) is 15.2 Å². The summed E-state index contributed by atoms with van der Waals surface area (Å²) in [5.74, 6) is 2.47. The van der Waals surface area contributed by atoms with E-state index in [-0.39, 0.29) is 0 Å². The number of rotatable bonds is 6. The average molecular weight is 448 g/mol. The van der Waals surface area contributed by atoms with Crippen LogP contribution in [0.4, 0.5) is 10.9 Å². The van der Waals surface area contributed by atoms with Crippen LogP contribution < -0.4 is 15.4 Å². The molecule has 1 aliphatic heterocycles. The Bertz CT molecular complexity index is 1230. The molecule has 0 bridgehead atoms. The van der Waals surface area contributed by atoms with E-state index in [0.717, 1.165) is 59.7 Å². The molecule has 4 aromatic rings. The van der Waals surface area contributed by atoms with Gasteiger partial charge in [0, 0.05) is 38.2 Å². The molecular formula is C24H25N5O2S. The van der Waals surface area contributed by atoms with E-state index >= 15 is 0 Å². The summed E-state index contributed by atoms with van der Waals surface area (Å²) in [5.41, 5.74) is 8.89. The summed E-state index contributed by atoms with van der Waals surface area (Å²) in [5, 5.41) is 0.567. The Morgan fingerprint density at radius 2 is 2.03 bits per heavy atom. The minimum atomic E-state index is 0.484. The van der Waals surface area contributed by atoms with Crippen molar-refractivity contribution in [3.05, 3.63) is 54.9 Å². The van der Waals surface area contributed by atoms with E-state index in [1.165, 1.54) is 11.3 Å². The largest absolute Gasteiger partial charge is 0.436 e. The van der Waals surface area contributed by atoms with Crippen molar-refractivity contribution in [3.8, 4) is 22.8 Å². The maximum absolute atomic E-state index is 6.25. The highest BCUT2D eigenvalue weighted by Gasteiger charge is 2.24. The van der Waals surface area contributed by atoms with Crippen LogP contribution in [0.3, 0.4) is 0 Å². The fourth-order valence-electron chi connectivity index (χ4n) is 4.27. The molecule has 2 aromatic heterocycles. The van der Waals surface area contributed by atoms with E-state index in [2.05, 4.69) is 32.0 Å². The van der Waals surface area contributed by atoms with Crippen molar-refractivity contribution < 1.29 is 9.47 Å². The molecule has 2 aromatic carbocycles. The standard InChI is InChI=1S/C24H25N5O2S/c1-30-15-16-5-4-12-29(14-16)22-23(27-11-10-26-22)31-18-7-2-6-17(13-18)19-8-3-9-20-21(19)28-24(25)32-20/h2-3,6-11,13,16H,4-5,12,14-15H2,1H3,(H2,25,28). The molecular weight excluding hydrogens is 422 g/mol. The third-order valence-corrected chi connectivity index (χ3v) is 6.51. The SMILES string of the molecule is COCC1CCCN(c2nccnc2Oc2cccc(-c3cccc4sc(N)nc34)c2)C1. The lowest BCUT2D eigenvalue weighted by Crippen LogP contribution is -2.37. The van der Waals surface area contributed by atoms with Gasteiger partial charge in [-0.25, -0.2) is 15.0 Å². The predicted molar refractivity (Wildman–Crippen MR) is 128 cm³/mol. The van der Waals surface area contributed by atoms with Gasteiger partial charge in [0.25, 0.3) is 5.88 Å². The molecule has 2 N–H and O–H groups in total. The number of nitrogens with two attached hydrogens (primary N) is 1. The summed E-state index contributed by atoms with van der Waals surface area (Å²) >= 11 is 1.49. The Balaban J connectivity index is 1.43. The van der Waals surface area contributed by atoms with E-state index in [1.54, 1.807) is 19.5 Å². The number of hydrogen-bond acceptors (Lipinski definition) is 8. The van der Waals surface area contributed by atoms with Gasteiger partial charge >= 0.3 is 0 Å². The van der Waals surface area contributed by atoms with Crippen molar-refractivity contribution >= 4 is 32.5 Å². The molecule has 0 radical (unpaired) electrons. The summed E-state index contributed by atoms with van der Waals surface area (Å²) in [6.45, 7) is 2.57. The van der Waals surface area contributed by atoms with Gasteiger partial charge in [-0.1, -0.05) is 35.6 Å². The molecule has 7 nitrogen and oxygen atoms in total. The van der Waals surface area contributed by atoms with Gasteiger partial charge in [0.2, 0.25) is 0 Å². The number of fused-ring (bicyclic) bond motifs is 1. The van der Waals surface area contributed by atoms with E-state index in [0.29, 0.717) is 22.7 Å². The highest BCUT2D eigenvalue weighted by atomic mass is 32.1. The zero-order chi connectivity index (χ0) is 21.9. The average Bonchev–Trinajstić information content (AvgIpc) is 3.20. The van der Waals surface area contributed by atoms with Crippen LogP contribution in [0.15, 0.2) is 54.9 Å². The Morgan fingerprint density at radius 3 is 2.94 bits per heavy atom. The van der Waals surface area contributed by atoms with Crippen molar-refractivity contribution in [2.45, 2.75) is 12.8 Å². The van der Waals surface area contributed by atoms with Crippen LogP contribution in [0.1, 0.15) is 12.8 Å². The van der Waals surface area contributed by atoms with Gasteiger partial charge in [-0.3, -0.25) is 0 Å². The van der Waals surface area contributed by atoms with E-state index in [9.17, 15) is 0 Å². The fourth-order valence-corrected chi connectivity index (χ4v) is 5.03.